The predicted molar refractivity (Wildman–Crippen MR) is 53.6 cm³/mol. The molecule has 1 unspecified atom stereocenters. The average molecular weight is 196 g/mol. The third-order valence-electron chi connectivity index (χ3n) is 2.00. The van der Waals surface area contributed by atoms with Crippen molar-refractivity contribution in [1.29, 1.82) is 0 Å². The van der Waals surface area contributed by atoms with Crippen LogP contribution in [0.15, 0.2) is 9.98 Å². The summed E-state index contributed by atoms with van der Waals surface area (Å²) in [5.41, 5.74) is 0. The van der Waals surface area contributed by atoms with Gasteiger partial charge in [0.15, 0.2) is 0 Å². The third kappa shape index (κ3) is 8.85. The van der Waals surface area contributed by atoms with Crippen LogP contribution in [0.4, 0.5) is 0 Å². The van der Waals surface area contributed by atoms with E-state index in [0.717, 1.165) is 25.7 Å². The molecule has 4 nitrogen and oxygen atoms in total. The minimum absolute atomic E-state index is 0.436. The van der Waals surface area contributed by atoms with E-state index >= 15 is 0 Å². The maximum absolute atomic E-state index is 9.82. The van der Waals surface area contributed by atoms with Crippen LogP contribution >= 0.6 is 0 Å². The van der Waals surface area contributed by atoms with Gasteiger partial charge in [0, 0.05) is 0 Å². The van der Waals surface area contributed by atoms with Gasteiger partial charge in [0.25, 0.3) is 0 Å². The normalized spacial score (nSPS) is 11.2. The molecule has 0 aliphatic rings. The Morgan fingerprint density at radius 1 is 1.07 bits per heavy atom. The van der Waals surface area contributed by atoms with Crippen molar-refractivity contribution in [2.75, 3.05) is 13.1 Å². The topological polar surface area (TPSA) is 58.9 Å². The van der Waals surface area contributed by atoms with Gasteiger partial charge in [-0.2, -0.15) is 0 Å². The molecule has 0 radical (unpaired) electrons. The van der Waals surface area contributed by atoms with Crippen LogP contribution in [0.25, 0.3) is 0 Å². The summed E-state index contributed by atoms with van der Waals surface area (Å²) >= 11 is 0. The Bertz CT molecular complexity index is 228. The first-order valence-electron chi connectivity index (χ1n) is 4.88. The largest absolute Gasteiger partial charge is 0.234 e. The molecule has 0 aliphatic carbocycles. The van der Waals surface area contributed by atoms with E-state index in [9.17, 15) is 9.59 Å². The van der Waals surface area contributed by atoms with Crippen molar-refractivity contribution in [2.24, 2.45) is 15.9 Å². The molecular weight excluding hydrogens is 180 g/mol. The van der Waals surface area contributed by atoms with Crippen LogP contribution in [0.2, 0.25) is 0 Å². The smallest absolute Gasteiger partial charge is 0.211 e. The Morgan fingerprint density at radius 2 is 1.79 bits per heavy atom. The van der Waals surface area contributed by atoms with E-state index in [1.165, 1.54) is 12.2 Å². The van der Waals surface area contributed by atoms with Gasteiger partial charge in [-0.15, -0.1) is 0 Å². The summed E-state index contributed by atoms with van der Waals surface area (Å²) in [6, 6.07) is 0. The quantitative estimate of drug-likeness (QED) is 0.338. The molecule has 0 aliphatic heterocycles. The van der Waals surface area contributed by atoms with Gasteiger partial charge in [0.05, 0.1) is 13.1 Å². The van der Waals surface area contributed by atoms with E-state index < -0.39 is 0 Å². The molecule has 0 aromatic rings. The summed E-state index contributed by atoms with van der Waals surface area (Å²) in [5.74, 6) is 0.436. The summed E-state index contributed by atoms with van der Waals surface area (Å²) < 4.78 is 0. The summed E-state index contributed by atoms with van der Waals surface area (Å²) in [4.78, 5) is 26.5. The van der Waals surface area contributed by atoms with Crippen molar-refractivity contribution >= 4 is 12.2 Å². The van der Waals surface area contributed by atoms with Crippen LogP contribution in [-0.2, 0) is 9.59 Å². The molecule has 0 heterocycles. The van der Waals surface area contributed by atoms with Crippen LogP contribution in [0.3, 0.4) is 0 Å². The standard InChI is InChI=1S/C10H16N2O2/c1-10(7-12-9-14)5-3-2-4-6-11-8-13/h10H,2-7H2,1H3. The Morgan fingerprint density at radius 3 is 2.43 bits per heavy atom. The lowest BCUT2D eigenvalue weighted by molar-refractivity contribution is 0.497. The van der Waals surface area contributed by atoms with E-state index in [4.69, 9.17) is 0 Å². The molecule has 78 valence electrons. The first-order valence-corrected chi connectivity index (χ1v) is 4.88. The van der Waals surface area contributed by atoms with E-state index in [1.54, 1.807) is 0 Å². The molecule has 0 fully saturated rings. The fourth-order valence-electron chi connectivity index (χ4n) is 1.19. The number of hydrogen-bond donors (Lipinski definition) is 0. The summed E-state index contributed by atoms with van der Waals surface area (Å²) in [6.45, 7) is 3.20. The minimum Gasteiger partial charge on any atom is -0.211 e. The van der Waals surface area contributed by atoms with E-state index in [1.807, 2.05) is 0 Å². The van der Waals surface area contributed by atoms with Crippen LogP contribution < -0.4 is 0 Å². The second-order valence-corrected chi connectivity index (χ2v) is 3.36. The van der Waals surface area contributed by atoms with Gasteiger partial charge in [-0.25, -0.2) is 19.6 Å². The van der Waals surface area contributed by atoms with Gasteiger partial charge < -0.3 is 0 Å². The molecule has 14 heavy (non-hydrogen) atoms. The van der Waals surface area contributed by atoms with E-state index in [0.29, 0.717) is 19.0 Å². The highest BCUT2D eigenvalue weighted by atomic mass is 16.1. The number of aliphatic imine (C=N–C) groups is 2. The highest BCUT2D eigenvalue weighted by Crippen LogP contribution is 2.09. The van der Waals surface area contributed by atoms with Gasteiger partial charge >= 0.3 is 0 Å². The zero-order chi connectivity index (χ0) is 10.6. The van der Waals surface area contributed by atoms with E-state index in [2.05, 4.69) is 16.9 Å². The second kappa shape index (κ2) is 9.85. The fourth-order valence-corrected chi connectivity index (χ4v) is 1.19. The molecule has 0 amide bonds. The van der Waals surface area contributed by atoms with Gasteiger partial charge in [-0.3, -0.25) is 0 Å². The molecule has 0 spiro atoms. The van der Waals surface area contributed by atoms with Gasteiger partial charge in [0.1, 0.15) is 0 Å². The fraction of sp³-hybridized carbons (Fsp3) is 0.800. The summed E-state index contributed by atoms with van der Waals surface area (Å²) in [5, 5.41) is 0. The van der Waals surface area contributed by atoms with Crippen LogP contribution in [0.5, 0.6) is 0 Å². The van der Waals surface area contributed by atoms with Crippen molar-refractivity contribution in [2.45, 2.75) is 32.6 Å². The molecule has 0 bridgehead atoms. The second-order valence-electron chi connectivity index (χ2n) is 3.36. The zero-order valence-corrected chi connectivity index (χ0v) is 8.53. The van der Waals surface area contributed by atoms with Crippen LogP contribution in [0, 0.1) is 5.92 Å². The molecule has 1 atom stereocenters. The molecule has 0 aromatic heterocycles. The SMILES string of the molecule is CC(CCCCCN=C=O)CN=C=O. The Labute approximate surface area is 84.1 Å². The average Bonchev–Trinajstić information content (AvgIpc) is 2.20. The molecule has 0 rings (SSSR count). The molecule has 0 aromatic carbocycles. The van der Waals surface area contributed by atoms with Gasteiger partial charge in [-0.05, 0) is 18.8 Å². The highest BCUT2D eigenvalue weighted by molar-refractivity contribution is 5.32. The lowest BCUT2D eigenvalue weighted by Crippen LogP contribution is -1.98. The number of carbonyl (C=O) groups excluding carboxylic acids is 2. The maximum atomic E-state index is 9.82. The molecule has 4 heteroatoms. The van der Waals surface area contributed by atoms with Crippen molar-refractivity contribution in [3.63, 3.8) is 0 Å². The number of isocyanates is 2. The van der Waals surface area contributed by atoms with E-state index in [-0.39, 0.29) is 0 Å². The number of nitrogens with zero attached hydrogens (tertiary/aromatic N) is 2. The van der Waals surface area contributed by atoms with Crippen LogP contribution in [-0.4, -0.2) is 25.2 Å². The minimum atomic E-state index is 0.436. The maximum Gasteiger partial charge on any atom is 0.234 e. The third-order valence-corrected chi connectivity index (χ3v) is 2.00. The molecule has 0 saturated heterocycles. The van der Waals surface area contributed by atoms with Crippen molar-refractivity contribution in [3.8, 4) is 0 Å². The summed E-state index contributed by atoms with van der Waals surface area (Å²) in [7, 11) is 0. The van der Waals surface area contributed by atoms with Crippen LogP contribution in [0.1, 0.15) is 32.6 Å². The predicted octanol–water partition coefficient (Wildman–Crippen LogP) is 1.85. The first-order chi connectivity index (χ1) is 6.81. The monoisotopic (exact) mass is 196 g/mol. The summed E-state index contributed by atoms with van der Waals surface area (Å²) in [6.07, 6.45) is 7.17. The van der Waals surface area contributed by atoms with Gasteiger partial charge in [0.2, 0.25) is 12.2 Å². The number of rotatable bonds is 8. The highest BCUT2D eigenvalue weighted by Gasteiger charge is 1.99. The van der Waals surface area contributed by atoms with Gasteiger partial charge in [-0.1, -0.05) is 19.8 Å². The lowest BCUT2D eigenvalue weighted by atomic mass is 10.0. The first kappa shape index (κ1) is 12.8. The number of unbranched alkanes of at least 4 members (excludes halogenated alkanes) is 2. The molecule has 0 saturated carbocycles. The Kier molecular flexibility index (Phi) is 8.97. The zero-order valence-electron chi connectivity index (χ0n) is 8.53. The Hall–Kier alpha value is -1.24. The Balaban J connectivity index is 3.26. The molecular formula is C10H16N2O2. The lowest BCUT2D eigenvalue weighted by Gasteiger charge is -2.05. The van der Waals surface area contributed by atoms with Crippen molar-refractivity contribution in [3.05, 3.63) is 0 Å². The van der Waals surface area contributed by atoms with Crippen molar-refractivity contribution in [1.82, 2.24) is 0 Å². The number of hydrogen-bond acceptors (Lipinski definition) is 4. The molecule has 0 N–H and O–H groups in total. The van der Waals surface area contributed by atoms with Crippen molar-refractivity contribution < 1.29 is 9.59 Å².